The van der Waals surface area contributed by atoms with Gasteiger partial charge in [-0.05, 0) is 30.9 Å². The monoisotopic (exact) mass is 336 g/mol. The van der Waals surface area contributed by atoms with Crippen molar-refractivity contribution in [2.45, 2.75) is 50.3 Å². The van der Waals surface area contributed by atoms with E-state index in [1.165, 1.54) is 30.6 Å². The third kappa shape index (κ3) is 3.64. The smallest absolute Gasteiger partial charge is 0.0834 e. The summed E-state index contributed by atoms with van der Waals surface area (Å²) in [5.41, 5.74) is 0. The molecule has 128 valence electrons. The summed E-state index contributed by atoms with van der Waals surface area (Å²) in [5, 5.41) is 10.4. The summed E-state index contributed by atoms with van der Waals surface area (Å²) >= 11 is 2.00. The Hall–Kier alpha value is -0.460. The first kappa shape index (κ1) is 16.0. The fourth-order valence-electron chi connectivity index (χ4n) is 4.37. The highest BCUT2D eigenvalue weighted by molar-refractivity contribution is 7.12. The van der Waals surface area contributed by atoms with Crippen molar-refractivity contribution in [3.05, 3.63) is 21.9 Å². The second-order valence-corrected chi connectivity index (χ2v) is 8.46. The number of hydrogen-bond acceptors (Lipinski definition) is 5. The molecule has 23 heavy (non-hydrogen) atoms. The Morgan fingerprint density at radius 2 is 1.91 bits per heavy atom. The molecule has 0 aromatic carbocycles. The lowest BCUT2D eigenvalue weighted by atomic mass is 10.1. The zero-order valence-corrected chi connectivity index (χ0v) is 14.6. The number of aliphatic hydroxyl groups excluding tert-OH is 1. The minimum absolute atomic E-state index is 0.220. The fraction of sp³-hybridized carbons (Fsp3) is 0.778. The van der Waals surface area contributed by atoms with Gasteiger partial charge in [0.2, 0.25) is 0 Å². The Morgan fingerprint density at radius 1 is 1.13 bits per heavy atom. The van der Waals surface area contributed by atoms with Crippen LogP contribution in [0.4, 0.5) is 0 Å². The number of thiophene rings is 1. The summed E-state index contributed by atoms with van der Waals surface area (Å²) in [5.74, 6) is 0.819. The van der Waals surface area contributed by atoms with Crippen LogP contribution < -0.4 is 0 Å². The summed E-state index contributed by atoms with van der Waals surface area (Å²) in [6.45, 7) is 6.31. The molecule has 1 aliphatic carbocycles. The predicted octanol–water partition coefficient (Wildman–Crippen LogP) is 2.28. The topological polar surface area (TPSA) is 35.9 Å². The Morgan fingerprint density at radius 3 is 2.70 bits per heavy atom. The lowest BCUT2D eigenvalue weighted by Gasteiger charge is -2.33. The quantitative estimate of drug-likeness (QED) is 0.915. The SMILES string of the molecule is O[C@H]1CN(Cc2ccc(C3CCCC3)s2)C[C@@H]1N1CCOCC1. The van der Waals surface area contributed by atoms with Gasteiger partial charge in [-0.3, -0.25) is 9.80 Å². The molecule has 2 atom stereocenters. The Labute approximate surface area is 143 Å². The number of rotatable bonds is 4. The first-order valence-corrected chi connectivity index (χ1v) is 9.92. The lowest BCUT2D eigenvalue weighted by molar-refractivity contribution is -0.00617. The van der Waals surface area contributed by atoms with E-state index in [2.05, 4.69) is 21.9 Å². The molecule has 2 aliphatic heterocycles. The third-order valence-corrected chi connectivity index (χ3v) is 6.90. The molecule has 1 aromatic heterocycles. The van der Waals surface area contributed by atoms with Gasteiger partial charge in [0.15, 0.2) is 0 Å². The summed E-state index contributed by atoms with van der Waals surface area (Å²) in [4.78, 5) is 7.88. The molecular formula is C18H28N2O2S. The van der Waals surface area contributed by atoms with E-state index in [0.29, 0.717) is 0 Å². The van der Waals surface area contributed by atoms with E-state index in [1.807, 2.05) is 11.3 Å². The molecule has 5 heteroatoms. The molecule has 3 fully saturated rings. The number of morpholine rings is 1. The zero-order valence-electron chi connectivity index (χ0n) is 13.8. The van der Waals surface area contributed by atoms with Crippen LogP contribution in [0.15, 0.2) is 12.1 Å². The highest BCUT2D eigenvalue weighted by Crippen LogP contribution is 2.38. The van der Waals surface area contributed by atoms with Crippen LogP contribution in [0.5, 0.6) is 0 Å². The molecule has 0 amide bonds. The van der Waals surface area contributed by atoms with E-state index in [9.17, 15) is 5.11 Å². The van der Waals surface area contributed by atoms with Crippen LogP contribution in [-0.2, 0) is 11.3 Å². The lowest BCUT2D eigenvalue weighted by Crippen LogP contribution is -2.48. The van der Waals surface area contributed by atoms with Crippen molar-refractivity contribution in [2.75, 3.05) is 39.4 Å². The second kappa shape index (κ2) is 7.19. The molecular weight excluding hydrogens is 308 g/mol. The second-order valence-electron chi connectivity index (χ2n) is 7.26. The summed E-state index contributed by atoms with van der Waals surface area (Å²) < 4.78 is 5.43. The van der Waals surface area contributed by atoms with Gasteiger partial charge < -0.3 is 9.84 Å². The van der Waals surface area contributed by atoms with E-state index in [4.69, 9.17) is 4.74 Å². The third-order valence-electron chi connectivity index (χ3n) is 5.67. The Kier molecular flexibility index (Phi) is 5.02. The normalized spacial score (nSPS) is 31.2. The largest absolute Gasteiger partial charge is 0.390 e. The van der Waals surface area contributed by atoms with Crippen LogP contribution in [0.25, 0.3) is 0 Å². The van der Waals surface area contributed by atoms with E-state index >= 15 is 0 Å². The molecule has 2 saturated heterocycles. The molecule has 1 saturated carbocycles. The summed E-state index contributed by atoms with van der Waals surface area (Å²) in [6, 6.07) is 4.95. The van der Waals surface area contributed by atoms with Crippen LogP contribution in [0, 0.1) is 0 Å². The highest BCUT2D eigenvalue weighted by Gasteiger charge is 2.36. The van der Waals surface area contributed by atoms with Crippen LogP contribution in [-0.4, -0.2) is 66.4 Å². The number of likely N-dealkylation sites (tertiary alicyclic amines) is 1. The number of aliphatic hydroxyl groups is 1. The van der Waals surface area contributed by atoms with Crippen molar-refractivity contribution >= 4 is 11.3 Å². The molecule has 0 bridgehead atoms. The molecule has 0 spiro atoms. The van der Waals surface area contributed by atoms with Gasteiger partial charge in [0.05, 0.1) is 19.3 Å². The van der Waals surface area contributed by atoms with Crippen LogP contribution in [0.3, 0.4) is 0 Å². The average molecular weight is 337 g/mol. The molecule has 0 unspecified atom stereocenters. The van der Waals surface area contributed by atoms with E-state index in [0.717, 1.165) is 51.9 Å². The van der Waals surface area contributed by atoms with Gasteiger partial charge in [0.1, 0.15) is 0 Å². The van der Waals surface area contributed by atoms with E-state index in [1.54, 1.807) is 4.88 Å². The predicted molar refractivity (Wildman–Crippen MR) is 93.0 cm³/mol. The molecule has 3 heterocycles. The van der Waals surface area contributed by atoms with Crippen molar-refractivity contribution in [2.24, 2.45) is 0 Å². The minimum atomic E-state index is -0.220. The molecule has 0 radical (unpaired) electrons. The molecule has 4 rings (SSSR count). The average Bonchev–Trinajstić information content (AvgIpc) is 3.29. The zero-order chi connectivity index (χ0) is 15.6. The number of hydrogen-bond donors (Lipinski definition) is 1. The van der Waals surface area contributed by atoms with Crippen molar-refractivity contribution in [3.8, 4) is 0 Å². The maximum Gasteiger partial charge on any atom is 0.0834 e. The summed E-state index contributed by atoms with van der Waals surface area (Å²) in [7, 11) is 0. The Bertz CT molecular complexity index is 509. The molecule has 4 nitrogen and oxygen atoms in total. The van der Waals surface area contributed by atoms with Crippen molar-refractivity contribution in [1.29, 1.82) is 0 Å². The van der Waals surface area contributed by atoms with Gasteiger partial charge >= 0.3 is 0 Å². The van der Waals surface area contributed by atoms with Crippen LogP contribution in [0.2, 0.25) is 0 Å². The Balaban J connectivity index is 1.34. The van der Waals surface area contributed by atoms with Gasteiger partial charge in [-0.1, -0.05) is 12.8 Å². The van der Waals surface area contributed by atoms with Gasteiger partial charge in [0, 0.05) is 48.5 Å². The maximum atomic E-state index is 10.4. The number of ether oxygens (including phenoxy) is 1. The van der Waals surface area contributed by atoms with Crippen LogP contribution >= 0.6 is 11.3 Å². The summed E-state index contributed by atoms with van der Waals surface area (Å²) in [6.07, 6.45) is 5.33. The van der Waals surface area contributed by atoms with E-state index < -0.39 is 0 Å². The van der Waals surface area contributed by atoms with Gasteiger partial charge in [-0.15, -0.1) is 11.3 Å². The minimum Gasteiger partial charge on any atom is -0.390 e. The van der Waals surface area contributed by atoms with Crippen LogP contribution in [0.1, 0.15) is 41.4 Å². The van der Waals surface area contributed by atoms with Crippen molar-refractivity contribution < 1.29 is 9.84 Å². The van der Waals surface area contributed by atoms with E-state index in [-0.39, 0.29) is 12.1 Å². The first-order valence-electron chi connectivity index (χ1n) is 9.10. The first-order chi connectivity index (χ1) is 11.3. The standard InChI is InChI=1S/C18H28N2O2S/c21-17-13-19(12-16(17)20-7-9-22-10-8-20)11-15-5-6-18(23-15)14-3-1-2-4-14/h5-6,14,16-17,21H,1-4,7-13H2/t16-,17-/m0/s1. The number of nitrogens with zero attached hydrogens (tertiary/aromatic N) is 2. The van der Waals surface area contributed by atoms with Gasteiger partial charge in [0.25, 0.3) is 0 Å². The van der Waals surface area contributed by atoms with Crippen molar-refractivity contribution in [1.82, 2.24) is 9.80 Å². The maximum absolute atomic E-state index is 10.4. The van der Waals surface area contributed by atoms with Crippen molar-refractivity contribution in [3.63, 3.8) is 0 Å². The molecule has 3 aliphatic rings. The number of β-amino-alcohol motifs (C(OH)–C–C–N with tert-alkyl or cyclic N) is 1. The fourth-order valence-corrected chi connectivity index (χ4v) is 5.60. The molecule has 1 aromatic rings. The highest BCUT2D eigenvalue weighted by atomic mass is 32.1. The molecule has 1 N–H and O–H groups in total. The van der Waals surface area contributed by atoms with Gasteiger partial charge in [-0.2, -0.15) is 0 Å². The van der Waals surface area contributed by atoms with Gasteiger partial charge in [-0.25, -0.2) is 0 Å².